The van der Waals surface area contributed by atoms with Crippen LogP contribution in [0.4, 0.5) is 0 Å². The van der Waals surface area contributed by atoms with Gasteiger partial charge in [-0.05, 0) is 37.6 Å². The molecule has 0 saturated carbocycles. The zero-order valence-electron chi connectivity index (χ0n) is 10.1. The third-order valence-electron chi connectivity index (χ3n) is 3.05. The molecule has 1 atom stereocenters. The molecule has 90 valence electrons. The molecule has 0 amide bonds. The van der Waals surface area contributed by atoms with Crippen LogP contribution in [0.3, 0.4) is 0 Å². The Balaban J connectivity index is 2.00. The molecule has 2 N–H and O–H groups in total. The first-order valence-electron chi connectivity index (χ1n) is 6.06. The number of hydrogen-bond donors (Lipinski definition) is 2. The molecule has 1 heterocycles. The molecule has 3 nitrogen and oxygen atoms in total. The molecule has 1 saturated heterocycles. The van der Waals surface area contributed by atoms with Gasteiger partial charge in [0, 0.05) is 19.3 Å². The number of aliphatic hydroxyl groups is 1. The minimum absolute atomic E-state index is 0.0742. The van der Waals surface area contributed by atoms with E-state index in [1.54, 1.807) is 0 Å². The molecule has 1 aliphatic rings. The summed E-state index contributed by atoms with van der Waals surface area (Å²) in [5.74, 6) is 0. The molecule has 15 heavy (non-hydrogen) atoms. The fraction of sp³-hybridized carbons (Fsp3) is 1.00. The van der Waals surface area contributed by atoms with E-state index < -0.39 is 0 Å². The lowest BCUT2D eigenvalue weighted by Crippen LogP contribution is -2.37. The van der Waals surface area contributed by atoms with E-state index in [2.05, 4.69) is 19.2 Å². The molecule has 1 aliphatic heterocycles. The summed E-state index contributed by atoms with van der Waals surface area (Å²) in [7, 11) is 0. The molecule has 0 radical (unpaired) electrons. The number of nitrogens with one attached hydrogen (secondary N) is 1. The smallest absolute Gasteiger partial charge is 0.0619 e. The van der Waals surface area contributed by atoms with E-state index >= 15 is 0 Å². The average Bonchev–Trinajstić information content (AvgIpc) is 2.26. The largest absolute Gasteiger partial charge is 0.396 e. The van der Waals surface area contributed by atoms with Gasteiger partial charge in [0.1, 0.15) is 0 Å². The van der Waals surface area contributed by atoms with Gasteiger partial charge < -0.3 is 15.2 Å². The maximum Gasteiger partial charge on any atom is 0.0619 e. The van der Waals surface area contributed by atoms with Gasteiger partial charge in [0.15, 0.2) is 0 Å². The van der Waals surface area contributed by atoms with Crippen LogP contribution in [-0.2, 0) is 4.74 Å². The van der Waals surface area contributed by atoms with E-state index in [0.29, 0.717) is 6.04 Å². The fourth-order valence-corrected chi connectivity index (χ4v) is 1.85. The van der Waals surface area contributed by atoms with E-state index in [0.717, 1.165) is 32.6 Å². The first-order valence-corrected chi connectivity index (χ1v) is 6.06. The first-order chi connectivity index (χ1) is 7.14. The van der Waals surface area contributed by atoms with Gasteiger partial charge in [0.05, 0.1) is 6.61 Å². The number of aliphatic hydroxyl groups excluding tert-OH is 1. The molecule has 0 aromatic heterocycles. The normalized spacial score (nSPS) is 23.0. The Morgan fingerprint density at radius 1 is 1.47 bits per heavy atom. The second kappa shape index (κ2) is 6.46. The fourth-order valence-electron chi connectivity index (χ4n) is 1.85. The molecular formula is C12H25NO2. The summed E-state index contributed by atoms with van der Waals surface area (Å²) in [6, 6.07) is 0.552. The van der Waals surface area contributed by atoms with Crippen molar-refractivity contribution in [3.63, 3.8) is 0 Å². The van der Waals surface area contributed by atoms with Crippen LogP contribution < -0.4 is 5.32 Å². The van der Waals surface area contributed by atoms with Crippen molar-refractivity contribution in [1.82, 2.24) is 5.32 Å². The Bertz CT molecular complexity index is 165. The quantitative estimate of drug-likeness (QED) is 0.661. The van der Waals surface area contributed by atoms with Crippen LogP contribution >= 0.6 is 0 Å². The monoisotopic (exact) mass is 215 g/mol. The molecule has 0 bridgehead atoms. The highest BCUT2D eigenvalue weighted by Crippen LogP contribution is 2.20. The summed E-state index contributed by atoms with van der Waals surface area (Å²) in [5.41, 5.74) is 0.0742. The number of hydrogen-bond acceptors (Lipinski definition) is 3. The van der Waals surface area contributed by atoms with Gasteiger partial charge in [-0.3, -0.25) is 0 Å². The zero-order chi connectivity index (χ0) is 11.1. The minimum Gasteiger partial charge on any atom is -0.396 e. The Hall–Kier alpha value is -0.120. The molecule has 1 rings (SSSR count). The summed E-state index contributed by atoms with van der Waals surface area (Å²) in [6.07, 6.45) is 4.62. The van der Waals surface area contributed by atoms with Crippen LogP contribution in [0.15, 0.2) is 0 Å². The van der Waals surface area contributed by atoms with Gasteiger partial charge >= 0.3 is 0 Å². The van der Waals surface area contributed by atoms with E-state index in [9.17, 15) is 0 Å². The predicted molar refractivity (Wildman–Crippen MR) is 61.9 cm³/mol. The lowest BCUT2D eigenvalue weighted by atomic mass is 9.89. The molecule has 0 aromatic carbocycles. The Kier molecular flexibility index (Phi) is 5.58. The summed E-state index contributed by atoms with van der Waals surface area (Å²) in [6.45, 7) is 7.32. The summed E-state index contributed by atoms with van der Waals surface area (Å²) >= 11 is 0. The molecular weight excluding hydrogens is 190 g/mol. The van der Waals surface area contributed by atoms with Crippen molar-refractivity contribution in [2.75, 3.05) is 26.4 Å². The average molecular weight is 215 g/mol. The highest BCUT2D eigenvalue weighted by molar-refractivity contribution is 4.71. The topological polar surface area (TPSA) is 41.5 Å². The Morgan fingerprint density at radius 2 is 2.27 bits per heavy atom. The third-order valence-corrected chi connectivity index (χ3v) is 3.05. The van der Waals surface area contributed by atoms with Crippen molar-refractivity contribution in [3.05, 3.63) is 0 Å². The maximum absolute atomic E-state index is 9.10. The van der Waals surface area contributed by atoms with E-state index in [4.69, 9.17) is 9.84 Å². The second-order valence-electron chi connectivity index (χ2n) is 5.29. The van der Waals surface area contributed by atoms with Gasteiger partial charge in [-0.25, -0.2) is 0 Å². The molecule has 0 aliphatic carbocycles. The van der Waals surface area contributed by atoms with Gasteiger partial charge in [-0.1, -0.05) is 13.8 Å². The van der Waals surface area contributed by atoms with Crippen LogP contribution in [-0.4, -0.2) is 37.5 Å². The first kappa shape index (κ1) is 12.9. The van der Waals surface area contributed by atoms with Crippen molar-refractivity contribution < 1.29 is 9.84 Å². The van der Waals surface area contributed by atoms with Gasteiger partial charge in [-0.2, -0.15) is 0 Å². The Morgan fingerprint density at radius 3 is 2.87 bits per heavy atom. The van der Waals surface area contributed by atoms with Gasteiger partial charge in [0.25, 0.3) is 0 Å². The number of rotatable bonds is 6. The third kappa shape index (κ3) is 5.50. The number of ether oxygens (including phenoxy) is 1. The summed E-state index contributed by atoms with van der Waals surface area (Å²) in [4.78, 5) is 0. The van der Waals surface area contributed by atoms with Gasteiger partial charge in [-0.15, -0.1) is 0 Å². The van der Waals surface area contributed by atoms with E-state index in [1.165, 1.54) is 12.8 Å². The van der Waals surface area contributed by atoms with E-state index in [-0.39, 0.29) is 12.0 Å². The standard InChI is InChI=1S/C12H25NO2/c1-12(2,10-14)6-4-7-13-11-5-3-8-15-9-11/h11,13-14H,3-10H2,1-2H3. The van der Waals surface area contributed by atoms with Gasteiger partial charge in [0.2, 0.25) is 0 Å². The predicted octanol–water partition coefficient (Wildman–Crippen LogP) is 1.55. The molecule has 0 spiro atoms. The van der Waals surface area contributed by atoms with E-state index in [1.807, 2.05) is 0 Å². The summed E-state index contributed by atoms with van der Waals surface area (Å²) in [5, 5.41) is 12.6. The minimum atomic E-state index is 0.0742. The van der Waals surface area contributed by atoms with Crippen molar-refractivity contribution in [3.8, 4) is 0 Å². The summed E-state index contributed by atoms with van der Waals surface area (Å²) < 4.78 is 5.40. The highest BCUT2D eigenvalue weighted by atomic mass is 16.5. The second-order valence-corrected chi connectivity index (χ2v) is 5.29. The van der Waals surface area contributed by atoms with Crippen LogP contribution in [0.25, 0.3) is 0 Å². The van der Waals surface area contributed by atoms with Crippen LogP contribution in [0.5, 0.6) is 0 Å². The van der Waals surface area contributed by atoms with Crippen molar-refractivity contribution in [1.29, 1.82) is 0 Å². The molecule has 1 unspecified atom stereocenters. The van der Waals surface area contributed by atoms with Crippen LogP contribution in [0.1, 0.15) is 39.5 Å². The van der Waals surface area contributed by atoms with Crippen molar-refractivity contribution in [2.24, 2.45) is 5.41 Å². The lowest BCUT2D eigenvalue weighted by Gasteiger charge is -2.25. The molecule has 1 fully saturated rings. The molecule has 0 aromatic rings. The van der Waals surface area contributed by atoms with Crippen molar-refractivity contribution in [2.45, 2.75) is 45.6 Å². The highest BCUT2D eigenvalue weighted by Gasteiger charge is 2.16. The lowest BCUT2D eigenvalue weighted by molar-refractivity contribution is 0.0697. The van der Waals surface area contributed by atoms with Crippen LogP contribution in [0, 0.1) is 5.41 Å². The zero-order valence-corrected chi connectivity index (χ0v) is 10.1. The Labute approximate surface area is 93.2 Å². The maximum atomic E-state index is 9.10. The SMILES string of the molecule is CC(C)(CO)CCCNC1CCCOC1. The van der Waals surface area contributed by atoms with Crippen LogP contribution in [0.2, 0.25) is 0 Å². The van der Waals surface area contributed by atoms with Crippen molar-refractivity contribution >= 4 is 0 Å². The molecule has 3 heteroatoms.